The summed E-state index contributed by atoms with van der Waals surface area (Å²) in [6.45, 7) is 2.67. The van der Waals surface area contributed by atoms with Crippen LogP contribution < -0.4 is 5.32 Å². The molecule has 0 unspecified atom stereocenters. The monoisotopic (exact) mass is 180 g/mol. The molecule has 4 nitrogen and oxygen atoms in total. The van der Waals surface area contributed by atoms with Gasteiger partial charge in [-0.1, -0.05) is 0 Å². The quantitative estimate of drug-likeness (QED) is 0.707. The van der Waals surface area contributed by atoms with Gasteiger partial charge in [0.15, 0.2) is 0 Å². The Morgan fingerprint density at radius 2 is 2.54 bits per heavy atom. The van der Waals surface area contributed by atoms with Gasteiger partial charge in [0.05, 0.1) is 19.4 Å². The molecule has 0 saturated carbocycles. The maximum atomic E-state index is 11.3. The highest BCUT2D eigenvalue weighted by atomic mass is 16.3. The summed E-state index contributed by atoms with van der Waals surface area (Å²) < 4.78 is 5.17. The predicted octanol–water partition coefficient (Wildman–Crippen LogP) is 0.211. The minimum atomic E-state index is 0.141. The van der Waals surface area contributed by atoms with Crippen molar-refractivity contribution in [3.8, 4) is 0 Å². The predicted molar refractivity (Wildman–Crippen MR) is 47.0 cm³/mol. The third-order valence-corrected chi connectivity index (χ3v) is 2.11. The first-order chi connectivity index (χ1) is 6.36. The molecule has 1 aliphatic heterocycles. The van der Waals surface area contributed by atoms with Crippen LogP contribution in [-0.4, -0.2) is 30.4 Å². The number of amides is 1. The molecular formula is C9H12N2O2. The topological polar surface area (TPSA) is 45.5 Å². The van der Waals surface area contributed by atoms with Crippen molar-refractivity contribution in [3.05, 3.63) is 24.2 Å². The third kappa shape index (κ3) is 1.89. The standard InChI is InChI=1S/C9H12N2O2/c12-9-6-10-3-4-11(9)7-8-2-1-5-13-8/h1-2,5,10H,3-4,6-7H2. The molecule has 0 aliphatic carbocycles. The normalized spacial score (nSPS) is 17.8. The van der Waals surface area contributed by atoms with Crippen molar-refractivity contribution in [2.45, 2.75) is 6.54 Å². The van der Waals surface area contributed by atoms with Gasteiger partial charge in [-0.05, 0) is 12.1 Å². The van der Waals surface area contributed by atoms with E-state index in [1.54, 1.807) is 11.2 Å². The number of carbonyl (C=O) groups is 1. The van der Waals surface area contributed by atoms with Crippen LogP contribution in [0.5, 0.6) is 0 Å². The zero-order valence-electron chi connectivity index (χ0n) is 7.32. The van der Waals surface area contributed by atoms with E-state index in [2.05, 4.69) is 5.32 Å². The van der Waals surface area contributed by atoms with Gasteiger partial charge in [-0.25, -0.2) is 0 Å². The summed E-state index contributed by atoms with van der Waals surface area (Å²) in [5.74, 6) is 0.984. The largest absolute Gasteiger partial charge is 0.467 e. The van der Waals surface area contributed by atoms with Crippen LogP contribution in [-0.2, 0) is 11.3 Å². The fourth-order valence-electron chi connectivity index (χ4n) is 1.40. The highest BCUT2D eigenvalue weighted by Crippen LogP contribution is 2.06. The van der Waals surface area contributed by atoms with Crippen molar-refractivity contribution in [1.29, 1.82) is 0 Å². The van der Waals surface area contributed by atoms with Gasteiger partial charge in [0, 0.05) is 13.1 Å². The third-order valence-electron chi connectivity index (χ3n) is 2.11. The lowest BCUT2D eigenvalue weighted by Crippen LogP contribution is -2.47. The molecule has 0 radical (unpaired) electrons. The lowest BCUT2D eigenvalue weighted by molar-refractivity contribution is -0.132. The van der Waals surface area contributed by atoms with Crippen LogP contribution >= 0.6 is 0 Å². The van der Waals surface area contributed by atoms with Gasteiger partial charge >= 0.3 is 0 Å². The Bertz CT molecular complexity index is 282. The van der Waals surface area contributed by atoms with E-state index in [0.29, 0.717) is 13.1 Å². The van der Waals surface area contributed by atoms with Crippen molar-refractivity contribution in [3.63, 3.8) is 0 Å². The lowest BCUT2D eigenvalue weighted by Gasteiger charge is -2.26. The van der Waals surface area contributed by atoms with Gasteiger partial charge in [-0.2, -0.15) is 0 Å². The Balaban J connectivity index is 1.97. The zero-order valence-corrected chi connectivity index (χ0v) is 7.32. The van der Waals surface area contributed by atoms with E-state index >= 15 is 0 Å². The number of hydrogen-bond acceptors (Lipinski definition) is 3. The highest BCUT2D eigenvalue weighted by molar-refractivity contribution is 5.78. The molecule has 0 aromatic carbocycles. The molecule has 2 heterocycles. The van der Waals surface area contributed by atoms with E-state index in [9.17, 15) is 4.79 Å². The van der Waals surface area contributed by atoms with E-state index in [1.807, 2.05) is 12.1 Å². The van der Waals surface area contributed by atoms with Gasteiger partial charge in [0.25, 0.3) is 0 Å². The molecule has 2 rings (SSSR count). The minimum Gasteiger partial charge on any atom is -0.467 e. The molecule has 0 atom stereocenters. The number of furan rings is 1. The van der Waals surface area contributed by atoms with Gasteiger partial charge in [0.1, 0.15) is 5.76 Å². The number of hydrogen-bond donors (Lipinski definition) is 1. The molecule has 1 aromatic rings. The second kappa shape index (κ2) is 3.62. The maximum absolute atomic E-state index is 11.3. The Hall–Kier alpha value is -1.29. The van der Waals surface area contributed by atoms with E-state index in [1.165, 1.54) is 0 Å². The maximum Gasteiger partial charge on any atom is 0.236 e. The molecule has 1 aromatic heterocycles. The van der Waals surface area contributed by atoms with Crippen molar-refractivity contribution in [1.82, 2.24) is 10.2 Å². The summed E-state index contributed by atoms with van der Waals surface area (Å²) in [7, 11) is 0. The van der Waals surface area contributed by atoms with Gasteiger partial charge in [0.2, 0.25) is 5.91 Å². The summed E-state index contributed by atoms with van der Waals surface area (Å²) >= 11 is 0. The van der Waals surface area contributed by atoms with E-state index in [0.717, 1.165) is 18.8 Å². The smallest absolute Gasteiger partial charge is 0.236 e. The average molecular weight is 180 g/mol. The van der Waals surface area contributed by atoms with E-state index < -0.39 is 0 Å². The number of nitrogens with one attached hydrogen (secondary N) is 1. The van der Waals surface area contributed by atoms with Crippen LogP contribution in [0.1, 0.15) is 5.76 Å². The fraction of sp³-hybridized carbons (Fsp3) is 0.444. The zero-order chi connectivity index (χ0) is 9.10. The Labute approximate surface area is 76.5 Å². The Morgan fingerprint density at radius 1 is 1.62 bits per heavy atom. The SMILES string of the molecule is O=C1CNCCN1Cc1ccco1. The van der Waals surface area contributed by atoms with Gasteiger partial charge < -0.3 is 14.6 Å². The molecule has 13 heavy (non-hydrogen) atoms. The first-order valence-electron chi connectivity index (χ1n) is 4.37. The first kappa shape index (κ1) is 8.31. The number of rotatable bonds is 2. The molecular weight excluding hydrogens is 168 g/mol. The second-order valence-electron chi connectivity index (χ2n) is 3.07. The van der Waals surface area contributed by atoms with Gasteiger partial charge in [-0.15, -0.1) is 0 Å². The van der Waals surface area contributed by atoms with Crippen molar-refractivity contribution >= 4 is 5.91 Å². The molecule has 1 saturated heterocycles. The number of carbonyl (C=O) groups excluding carboxylic acids is 1. The van der Waals surface area contributed by atoms with Crippen LogP contribution in [0, 0.1) is 0 Å². The molecule has 0 spiro atoms. The molecule has 4 heteroatoms. The van der Waals surface area contributed by atoms with E-state index in [-0.39, 0.29) is 5.91 Å². The van der Waals surface area contributed by atoms with Crippen LogP contribution in [0.15, 0.2) is 22.8 Å². The lowest BCUT2D eigenvalue weighted by atomic mass is 10.3. The molecule has 1 fully saturated rings. The summed E-state index contributed by atoms with van der Waals surface area (Å²) in [5, 5.41) is 3.02. The highest BCUT2D eigenvalue weighted by Gasteiger charge is 2.18. The summed E-state index contributed by atoms with van der Waals surface area (Å²) in [6.07, 6.45) is 1.63. The number of piperazine rings is 1. The molecule has 1 aliphatic rings. The van der Waals surface area contributed by atoms with Crippen LogP contribution in [0.4, 0.5) is 0 Å². The van der Waals surface area contributed by atoms with E-state index in [4.69, 9.17) is 4.42 Å². The molecule has 1 N–H and O–H groups in total. The minimum absolute atomic E-state index is 0.141. The van der Waals surface area contributed by atoms with Crippen molar-refractivity contribution < 1.29 is 9.21 Å². The van der Waals surface area contributed by atoms with Gasteiger partial charge in [-0.3, -0.25) is 4.79 Å². The average Bonchev–Trinajstić information content (AvgIpc) is 2.61. The fourth-order valence-corrected chi connectivity index (χ4v) is 1.40. The van der Waals surface area contributed by atoms with Crippen molar-refractivity contribution in [2.75, 3.05) is 19.6 Å². The summed E-state index contributed by atoms with van der Waals surface area (Å²) in [5.41, 5.74) is 0. The molecule has 1 amide bonds. The summed E-state index contributed by atoms with van der Waals surface area (Å²) in [4.78, 5) is 13.1. The van der Waals surface area contributed by atoms with Crippen molar-refractivity contribution in [2.24, 2.45) is 0 Å². The Morgan fingerprint density at radius 3 is 3.23 bits per heavy atom. The molecule has 70 valence electrons. The number of nitrogens with zero attached hydrogens (tertiary/aromatic N) is 1. The molecule has 0 bridgehead atoms. The van der Waals surface area contributed by atoms with Crippen LogP contribution in [0.3, 0.4) is 0 Å². The summed E-state index contributed by atoms with van der Waals surface area (Å²) in [6, 6.07) is 3.72. The Kier molecular flexibility index (Phi) is 2.31. The second-order valence-corrected chi connectivity index (χ2v) is 3.07. The first-order valence-corrected chi connectivity index (χ1v) is 4.37. The van der Waals surface area contributed by atoms with Crippen LogP contribution in [0.2, 0.25) is 0 Å². The van der Waals surface area contributed by atoms with Crippen LogP contribution in [0.25, 0.3) is 0 Å².